The normalized spacial score (nSPS) is 19.6. The van der Waals surface area contributed by atoms with Crippen molar-refractivity contribution in [3.63, 3.8) is 0 Å². The van der Waals surface area contributed by atoms with Crippen LogP contribution in [-0.4, -0.2) is 53.0 Å². The highest BCUT2D eigenvalue weighted by molar-refractivity contribution is 5.89. The minimum atomic E-state index is -0.292. The lowest BCUT2D eigenvalue weighted by Crippen LogP contribution is -2.55. The molecule has 1 fully saturated rings. The van der Waals surface area contributed by atoms with Gasteiger partial charge in [0.05, 0.1) is 12.7 Å². The third kappa shape index (κ3) is 5.23. The van der Waals surface area contributed by atoms with Gasteiger partial charge in [0, 0.05) is 50.7 Å². The van der Waals surface area contributed by atoms with E-state index >= 15 is 0 Å². The molecule has 5 nitrogen and oxygen atoms in total. The maximum Gasteiger partial charge on any atom is 0.337 e. The van der Waals surface area contributed by atoms with Crippen LogP contribution in [-0.2, 0) is 17.8 Å². The minimum Gasteiger partial charge on any atom is -0.465 e. The Labute approximate surface area is 190 Å². The van der Waals surface area contributed by atoms with E-state index in [0.717, 1.165) is 31.7 Å². The van der Waals surface area contributed by atoms with Crippen molar-refractivity contribution in [1.29, 1.82) is 0 Å². The lowest BCUT2D eigenvalue weighted by Gasteiger charge is -2.44. The van der Waals surface area contributed by atoms with Gasteiger partial charge in [0.2, 0.25) is 0 Å². The number of esters is 1. The van der Waals surface area contributed by atoms with E-state index in [1.165, 1.54) is 23.8 Å². The number of carbonyl (C=O) groups excluding carboxylic acids is 1. The van der Waals surface area contributed by atoms with Gasteiger partial charge in [-0.05, 0) is 60.4 Å². The third-order valence-electron chi connectivity index (χ3n) is 6.25. The van der Waals surface area contributed by atoms with Crippen LogP contribution in [0.1, 0.15) is 35.3 Å². The van der Waals surface area contributed by atoms with Gasteiger partial charge >= 0.3 is 5.97 Å². The van der Waals surface area contributed by atoms with Crippen LogP contribution in [0.4, 0.5) is 0 Å². The molecule has 0 N–H and O–H groups in total. The second-order valence-corrected chi connectivity index (χ2v) is 8.70. The molecule has 3 aromatic rings. The molecular formula is C27H31N3O2. The number of aromatic nitrogens is 1. The van der Waals surface area contributed by atoms with Crippen molar-refractivity contribution in [2.45, 2.75) is 39.0 Å². The average molecular weight is 430 g/mol. The van der Waals surface area contributed by atoms with Crippen molar-refractivity contribution in [3.8, 4) is 11.1 Å². The number of nitrogens with zero attached hydrogens (tertiary/aromatic N) is 3. The van der Waals surface area contributed by atoms with Crippen LogP contribution in [0.25, 0.3) is 11.1 Å². The zero-order valence-electron chi connectivity index (χ0n) is 19.1. The first-order chi connectivity index (χ1) is 15.5. The topological polar surface area (TPSA) is 45.7 Å². The number of hydrogen-bond donors (Lipinski definition) is 0. The Bertz CT molecular complexity index is 1020. The molecule has 0 spiro atoms. The second-order valence-electron chi connectivity index (χ2n) is 8.70. The molecule has 0 bridgehead atoms. The van der Waals surface area contributed by atoms with Crippen molar-refractivity contribution in [2.75, 3.05) is 20.2 Å². The minimum absolute atomic E-state index is 0.292. The lowest BCUT2D eigenvalue weighted by molar-refractivity contribution is 0.0290. The SMILES string of the molecule is COC(=O)c1ccc(CN2C[C@@H](C)N(Cc3cccc(-c4cccnc4)c3)[C@@H](C)C2)cc1. The molecule has 2 aromatic carbocycles. The van der Waals surface area contributed by atoms with Gasteiger partial charge in [-0.1, -0.05) is 36.4 Å². The highest BCUT2D eigenvalue weighted by Crippen LogP contribution is 2.24. The maximum absolute atomic E-state index is 11.6. The van der Waals surface area contributed by atoms with E-state index in [4.69, 9.17) is 4.74 Å². The molecule has 1 saturated heterocycles. The summed E-state index contributed by atoms with van der Waals surface area (Å²) in [4.78, 5) is 21.0. The van der Waals surface area contributed by atoms with Crippen LogP contribution in [0.15, 0.2) is 73.1 Å². The molecule has 1 aromatic heterocycles. The molecule has 2 heterocycles. The molecule has 2 atom stereocenters. The summed E-state index contributed by atoms with van der Waals surface area (Å²) in [6.45, 7) is 8.50. The Morgan fingerprint density at radius 3 is 2.31 bits per heavy atom. The van der Waals surface area contributed by atoms with E-state index in [1.807, 2.05) is 42.7 Å². The molecule has 166 valence electrons. The molecule has 1 aliphatic rings. The molecule has 1 aliphatic heterocycles. The van der Waals surface area contributed by atoms with Gasteiger partial charge < -0.3 is 4.74 Å². The van der Waals surface area contributed by atoms with Crippen LogP contribution in [0.3, 0.4) is 0 Å². The quantitative estimate of drug-likeness (QED) is 0.535. The number of piperazine rings is 1. The molecule has 0 aliphatic carbocycles. The van der Waals surface area contributed by atoms with E-state index < -0.39 is 0 Å². The van der Waals surface area contributed by atoms with Crippen LogP contribution < -0.4 is 0 Å². The summed E-state index contributed by atoms with van der Waals surface area (Å²) in [6, 6.07) is 21.5. The first-order valence-corrected chi connectivity index (χ1v) is 11.2. The van der Waals surface area contributed by atoms with Crippen LogP contribution in [0.5, 0.6) is 0 Å². The van der Waals surface area contributed by atoms with Crippen molar-refractivity contribution in [2.24, 2.45) is 0 Å². The molecule has 4 rings (SSSR count). The Hall–Kier alpha value is -3.02. The van der Waals surface area contributed by atoms with Gasteiger partial charge in [-0.15, -0.1) is 0 Å². The lowest BCUT2D eigenvalue weighted by atomic mass is 10.0. The van der Waals surface area contributed by atoms with Gasteiger partial charge in [-0.2, -0.15) is 0 Å². The number of carbonyl (C=O) groups is 1. The summed E-state index contributed by atoms with van der Waals surface area (Å²) in [5.41, 5.74) is 5.51. The molecule has 32 heavy (non-hydrogen) atoms. The first-order valence-electron chi connectivity index (χ1n) is 11.2. The third-order valence-corrected chi connectivity index (χ3v) is 6.25. The number of hydrogen-bond acceptors (Lipinski definition) is 5. The number of ether oxygens (including phenoxy) is 1. The van der Waals surface area contributed by atoms with Gasteiger partial charge in [0.25, 0.3) is 0 Å². The Morgan fingerprint density at radius 2 is 1.66 bits per heavy atom. The van der Waals surface area contributed by atoms with Gasteiger partial charge in [0.1, 0.15) is 0 Å². The summed E-state index contributed by atoms with van der Waals surface area (Å²) in [7, 11) is 1.41. The van der Waals surface area contributed by atoms with Crippen LogP contribution in [0.2, 0.25) is 0 Å². The van der Waals surface area contributed by atoms with E-state index in [1.54, 1.807) is 0 Å². The number of methoxy groups -OCH3 is 1. The smallest absolute Gasteiger partial charge is 0.337 e. The summed E-state index contributed by atoms with van der Waals surface area (Å²) in [6.07, 6.45) is 3.73. The molecule has 0 radical (unpaired) electrons. The van der Waals surface area contributed by atoms with E-state index in [9.17, 15) is 4.79 Å². The molecule has 0 unspecified atom stereocenters. The average Bonchev–Trinajstić information content (AvgIpc) is 2.82. The Balaban J connectivity index is 1.39. The zero-order valence-corrected chi connectivity index (χ0v) is 19.1. The fraction of sp³-hybridized carbons (Fsp3) is 0.333. The summed E-state index contributed by atoms with van der Waals surface area (Å²) in [5.74, 6) is -0.292. The monoisotopic (exact) mass is 429 g/mol. The number of pyridine rings is 1. The van der Waals surface area contributed by atoms with Gasteiger partial charge in [-0.25, -0.2) is 4.79 Å². The van der Waals surface area contributed by atoms with Crippen molar-refractivity contribution in [3.05, 3.63) is 89.7 Å². The fourth-order valence-corrected chi connectivity index (χ4v) is 4.62. The molecular weight excluding hydrogens is 398 g/mol. The highest BCUT2D eigenvalue weighted by atomic mass is 16.5. The van der Waals surface area contributed by atoms with Crippen molar-refractivity contribution >= 4 is 5.97 Å². The molecule has 0 amide bonds. The molecule has 0 saturated carbocycles. The van der Waals surface area contributed by atoms with E-state index in [0.29, 0.717) is 17.6 Å². The van der Waals surface area contributed by atoms with Crippen molar-refractivity contribution < 1.29 is 9.53 Å². The molecule has 5 heteroatoms. The van der Waals surface area contributed by atoms with Gasteiger partial charge in [-0.3, -0.25) is 14.8 Å². The predicted octanol–water partition coefficient (Wildman–Crippen LogP) is 4.63. The zero-order chi connectivity index (χ0) is 22.5. The number of rotatable bonds is 6. The fourth-order valence-electron chi connectivity index (χ4n) is 4.62. The first kappa shape index (κ1) is 22.2. The second kappa shape index (κ2) is 10.1. The van der Waals surface area contributed by atoms with E-state index in [-0.39, 0.29) is 5.97 Å². The largest absolute Gasteiger partial charge is 0.465 e. The van der Waals surface area contributed by atoms with Crippen LogP contribution >= 0.6 is 0 Å². The van der Waals surface area contributed by atoms with Gasteiger partial charge in [0.15, 0.2) is 0 Å². The summed E-state index contributed by atoms with van der Waals surface area (Å²) < 4.78 is 4.79. The maximum atomic E-state index is 11.6. The van der Waals surface area contributed by atoms with Crippen molar-refractivity contribution in [1.82, 2.24) is 14.8 Å². The number of benzene rings is 2. The van der Waals surface area contributed by atoms with E-state index in [2.05, 4.69) is 59.0 Å². The standard InChI is InChI=1S/C27H31N3O2/c1-20-16-29(18-22-9-11-24(12-10-22)27(31)32-3)17-21(2)30(20)19-23-6-4-7-25(14-23)26-8-5-13-28-15-26/h4-15,20-21H,16-19H2,1-3H3/t20-,21+. The summed E-state index contributed by atoms with van der Waals surface area (Å²) >= 11 is 0. The Kier molecular flexibility index (Phi) is 6.98. The summed E-state index contributed by atoms with van der Waals surface area (Å²) in [5, 5.41) is 0. The van der Waals surface area contributed by atoms with Crippen LogP contribution in [0, 0.1) is 0 Å². The predicted molar refractivity (Wildman–Crippen MR) is 127 cm³/mol. The highest BCUT2D eigenvalue weighted by Gasteiger charge is 2.29. The Morgan fingerprint density at radius 1 is 0.938 bits per heavy atom.